The van der Waals surface area contributed by atoms with Crippen LogP contribution in [0.2, 0.25) is 0 Å². The molecule has 0 saturated heterocycles. The molecule has 2 N–H and O–H groups in total. The number of rotatable bonds is 4. The third-order valence-electron chi connectivity index (χ3n) is 2.66. The van der Waals surface area contributed by atoms with Crippen molar-refractivity contribution in [1.29, 1.82) is 0 Å². The van der Waals surface area contributed by atoms with Crippen molar-refractivity contribution in [3.63, 3.8) is 0 Å². The van der Waals surface area contributed by atoms with Crippen molar-refractivity contribution < 1.29 is 4.79 Å². The lowest BCUT2D eigenvalue weighted by Crippen LogP contribution is -2.43. The summed E-state index contributed by atoms with van der Waals surface area (Å²) < 4.78 is 0. The number of anilines is 1. The molecule has 0 fully saturated rings. The SMILES string of the molecule is CCc1cc2c(NCC(=O)NC(C)(C)C)ncnc2s1. The summed E-state index contributed by atoms with van der Waals surface area (Å²) >= 11 is 1.66. The largest absolute Gasteiger partial charge is 0.360 e. The first-order valence-corrected chi connectivity index (χ1v) is 7.49. The minimum absolute atomic E-state index is 0.0461. The highest BCUT2D eigenvalue weighted by atomic mass is 32.1. The van der Waals surface area contributed by atoms with Gasteiger partial charge in [0.05, 0.1) is 11.9 Å². The molecule has 0 spiro atoms. The summed E-state index contributed by atoms with van der Waals surface area (Å²) in [6.07, 6.45) is 2.51. The molecule has 2 heterocycles. The van der Waals surface area contributed by atoms with Crippen molar-refractivity contribution in [2.45, 2.75) is 39.7 Å². The summed E-state index contributed by atoms with van der Waals surface area (Å²) in [6.45, 7) is 8.20. The van der Waals surface area contributed by atoms with E-state index in [1.54, 1.807) is 11.3 Å². The maximum atomic E-state index is 11.8. The number of thiophene rings is 1. The fourth-order valence-corrected chi connectivity index (χ4v) is 2.78. The molecule has 2 aromatic rings. The van der Waals surface area contributed by atoms with Crippen LogP contribution in [0.1, 0.15) is 32.6 Å². The standard InChI is InChI=1S/C14H20N4OS/c1-5-9-6-10-12(16-8-17-13(10)20-9)15-7-11(19)18-14(2,3)4/h6,8H,5,7H2,1-4H3,(H,18,19)(H,15,16,17). The van der Waals surface area contributed by atoms with E-state index in [0.717, 1.165) is 22.5 Å². The second-order valence-electron chi connectivity index (χ2n) is 5.66. The first-order chi connectivity index (χ1) is 9.39. The molecule has 0 unspecified atom stereocenters. The van der Waals surface area contributed by atoms with Gasteiger partial charge in [-0.15, -0.1) is 11.3 Å². The number of nitrogens with one attached hydrogen (secondary N) is 2. The number of amides is 1. The molecule has 5 nitrogen and oxygen atoms in total. The molecule has 0 saturated carbocycles. The lowest BCUT2D eigenvalue weighted by atomic mass is 10.1. The molecule has 0 aliphatic heterocycles. The third-order valence-corrected chi connectivity index (χ3v) is 3.85. The molecule has 20 heavy (non-hydrogen) atoms. The summed E-state index contributed by atoms with van der Waals surface area (Å²) in [4.78, 5) is 22.5. The lowest BCUT2D eigenvalue weighted by molar-refractivity contribution is -0.120. The number of hydrogen-bond acceptors (Lipinski definition) is 5. The first-order valence-electron chi connectivity index (χ1n) is 6.67. The van der Waals surface area contributed by atoms with Gasteiger partial charge in [0.15, 0.2) is 0 Å². The molecule has 2 aromatic heterocycles. The number of carbonyl (C=O) groups is 1. The predicted octanol–water partition coefficient (Wildman–Crippen LogP) is 2.58. The Morgan fingerprint density at radius 2 is 2.10 bits per heavy atom. The molecule has 6 heteroatoms. The first kappa shape index (κ1) is 14.7. The van der Waals surface area contributed by atoms with E-state index >= 15 is 0 Å². The molecule has 1 amide bonds. The molecule has 0 bridgehead atoms. The van der Waals surface area contributed by atoms with Gasteiger partial charge in [-0.25, -0.2) is 9.97 Å². The molecule has 0 aromatic carbocycles. The van der Waals surface area contributed by atoms with E-state index in [2.05, 4.69) is 33.6 Å². The number of carbonyl (C=O) groups excluding carboxylic acids is 1. The van der Waals surface area contributed by atoms with Crippen LogP contribution in [-0.2, 0) is 11.2 Å². The Kier molecular flexibility index (Phi) is 4.23. The van der Waals surface area contributed by atoms with Crippen molar-refractivity contribution >= 4 is 33.3 Å². The van der Waals surface area contributed by atoms with Crippen LogP contribution < -0.4 is 10.6 Å². The Hall–Kier alpha value is -1.69. The van der Waals surface area contributed by atoms with E-state index in [1.807, 2.05) is 20.8 Å². The van der Waals surface area contributed by atoms with Gasteiger partial charge < -0.3 is 10.6 Å². The van der Waals surface area contributed by atoms with Gasteiger partial charge in [-0.05, 0) is 33.3 Å². The highest BCUT2D eigenvalue weighted by Gasteiger charge is 2.14. The summed E-state index contributed by atoms with van der Waals surface area (Å²) in [7, 11) is 0. The van der Waals surface area contributed by atoms with Crippen molar-refractivity contribution in [3.8, 4) is 0 Å². The van der Waals surface area contributed by atoms with Crippen molar-refractivity contribution in [1.82, 2.24) is 15.3 Å². The van der Waals surface area contributed by atoms with Gasteiger partial charge in [0.2, 0.25) is 5.91 Å². The van der Waals surface area contributed by atoms with E-state index in [1.165, 1.54) is 11.2 Å². The minimum atomic E-state index is -0.225. The van der Waals surface area contributed by atoms with Gasteiger partial charge >= 0.3 is 0 Å². The maximum Gasteiger partial charge on any atom is 0.239 e. The number of nitrogens with zero attached hydrogens (tertiary/aromatic N) is 2. The number of aromatic nitrogens is 2. The third kappa shape index (κ3) is 3.66. The van der Waals surface area contributed by atoms with Gasteiger partial charge in [0.25, 0.3) is 0 Å². The van der Waals surface area contributed by atoms with Crippen molar-refractivity contribution in [2.75, 3.05) is 11.9 Å². The minimum Gasteiger partial charge on any atom is -0.360 e. The number of fused-ring (bicyclic) bond motifs is 1. The van der Waals surface area contributed by atoms with Gasteiger partial charge in [0.1, 0.15) is 17.0 Å². The quantitative estimate of drug-likeness (QED) is 0.909. The van der Waals surface area contributed by atoms with E-state index in [-0.39, 0.29) is 18.0 Å². The number of hydrogen-bond donors (Lipinski definition) is 2. The van der Waals surface area contributed by atoms with Crippen LogP contribution in [0, 0.1) is 0 Å². The zero-order chi connectivity index (χ0) is 14.8. The second-order valence-corrected chi connectivity index (χ2v) is 6.77. The van der Waals surface area contributed by atoms with Crippen molar-refractivity contribution in [3.05, 3.63) is 17.3 Å². The summed E-state index contributed by atoms with van der Waals surface area (Å²) in [5.41, 5.74) is -0.225. The van der Waals surface area contributed by atoms with Crippen LogP contribution in [0.5, 0.6) is 0 Å². The summed E-state index contributed by atoms with van der Waals surface area (Å²) in [5, 5.41) is 6.99. The fourth-order valence-electron chi connectivity index (χ4n) is 1.85. The van der Waals surface area contributed by atoms with Crippen LogP contribution in [0.3, 0.4) is 0 Å². The molecule has 0 atom stereocenters. The fraction of sp³-hybridized carbons (Fsp3) is 0.500. The Morgan fingerprint density at radius 3 is 2.75 bits per heavy atom. The van der Waals surface area contributed by atoms with Crippen LogP contribution >= 0.6 is 11.3 Å². The zero-order valence-corrected chi connectivity index (χ0v) is 13.1. The predicted molar refractivity (Wildman–Crippen MR) is 83.2 cm³/mol. The van der Waals surface area contributed by atoms with E-state index in [9.17, 15) is 4.79 Å². The number of aryl methyl sites for hydroxylation is 1. The molecule has 2 rings (SSSR count). The monoisotopic (exact) mass is 292 g/mol. The smallest absolute Gasteiger partial charge is 0.239 e. The molecular formula is C14H20N4OS. The summed E-state index contributed by atoms with van der Waals surface area (Å²) in [6, 6.07) is 2.09. The topological polar surface area (TPSA) is 66.9 Å². The van der Waals surface area contributed by atoms with E-state index < -0.39 is 0 Å². The normalized spacial score (nSPS) is 11.6. The zero-order valence-electron chi connectivity index (χ0n) is 12.3. The molecule has 0 aliphatic rings. The Morgan fingerprint density at radius 1 is 1.35 bits per heavy atom. The van der Waals surface area contributed by atoms with E-state index in [4.69, 9.17) is 0 Å². The molecule has 108 valence electrons. The Balaban J connectivity index is 2.10. The Labute approximate surface area is 122 Å². The van der Waals surface area contributed by atoms with Crippen LogP contribution in [0.25, 0.3) is 10.2 Å². The van der Waals surface area contributed by atoms with Crippen LogP contribution in [0.15, 0.2) is 12.4 Å². The highest BCUT2D eigenvalue weighted by molar-refractivity contribution is 7.18. The van der Waals surface area contributed by atoms with Gasteiger partial charge in [0, 0.05) is 10.4 Å². The average Bonchev–Trinajstić information content (AvgIpc) is 2.77. The molecule has 0 radical (unpaired) electrons. The average molecular weight is 292 g/mol. The van der Waals surface area contributed by atoms with Gasteiger partial charge in [-0.2, -0.15) is 0 Å². The molecule has 0 aliphatic carbocycles. The van der Waals surface area contributed by atoms with Crippen molar-refractivity contribution in [2.24, 2.45) is 0 Å². The highest BCUT2D eigenvalue weighted by Crippen LogP contribution is 2.28. The summed E-state index contributed by atoms with van der Waals surface area (Å²) in [5.74, 6) is 0.671. The van der Waals surface area contributed by atoms with E-state index in [0.29, 0.717) is 0 Å². The van der Waals surface area contributed by atoms with Crippen LogP contribution in [-0.4, -0.2) is 28.0 Å². The lowest BCUT2D eigenvalue weighted by Gasteiger charge is -2.20. The second kappa shape index (κ2) is 5.75. The van der Waals surface area contributed by atoms with Gasteiger partial charge in [-0.1, -0.05) is 6.92 Å². The van der Waals surface area contributed by atoms with Gasteiger partial charge in [-0.3, -0.25) is 4.79 Å². The Bertz CT molecular complexity index is 615. The van der Waals surface area contributed by atoms with Crippen LogP contribution in [0.4, 0.5) is 5.82 Å². The maximum absolute atomic E-state index is 11.8. The molecular weight excluding hydrogens is 272 g/mol.